The molecule has 0 saturated carbocycles. The van der Waals surface area contributed by atoms with Crippen molar-refractivity contribution in [3.8, 4) is 0 Å². The van der Waals surface area contributed by atoms with Crippen LogP contribution in [-0.4, -0.2) is 20.8 Å². The summed E-state index contributed by atoms with van der Waals surface area (Å²) in [7, 11) is 0. The highest BCUT2D eigenvalue weighted by Crippen LogP contribution is 2.22. The van der Waals surface area contributed by atoms with E-state index in [4.69, 9.17) is 0 Å². The van der Waals surface area contributed by atoms with Crippen LogP contribution < -0.4 is 16.6 Å². The lowest BCUT2D eigenvalue weighted by atomic mass is 10.2. The number of aliphatic hydroxyl groups excluding tert-OH is 1. The van der Waals surface area contributed by atoms with Gasteiger partial charge in [0.15, 0.2) is 0 Å². The van der Waals surface area contributed by atoms with Crippen molar-refractivity contribution in [2.45, 2.75) is 18.6 Å². The number of nitrogens with one attached hydrogen (secondary N) is 2. The number of aromatic amines is 1. The van der Waals surface area contributed by atoms with Crippen molar-refractivity contribution in [3.63, 3.8) is 0 Å². The van der Waals surface area contributed by atoms with Crippen LogP contribution >= 0.6 is 0 Å². The molecule has 0 aliphatic heterocycles. The van der Waals surface area contributed by atoms with Gasteiger partial charge in [0.2, 0.25) is 0 Å². The number of benzene rings is 1. The quantitative estimate of drug-likeness (QED) is 0.738. The van der Waals surface area contributed by atoms with Gasteiger partial charge in [-0.3, -0.25) is 14.3 Å². The standard InChI is InChI=1S/C15H15N3O3/c19-12-7-6-11(8-12)18-9-13(14(20)17-15(18)21)16-10-4-2-1-3-5-10/h1-7,9,11-12,16,19H,8H2,(H,17,20,21)/t11-,12+/m0/s1. The van der Waals surface area contributed by atoms with Crippen LogP contribution in [0.2, 0.25) is 0 Å². The number of aliphatic hydroxyl groups is 1. The second-order valence-electron chi connectivity index (χ2n) is 4.96. The number of hydrogen-bond acceptors (Lipinski definition) is 4. The Kier molecular flexibility index (Phi) is 3.45. The normalized spacial score (nSPS) is 20.6. The number of rotatable bonds is 3. The average molecular weight is 285 g/mol. The van der Waals surface area contributed by atoms with Crippen LogP contribution in [0.15, 0.2) is 58.3 Å². The first-order valence-corrected chi connectivity index (χ1v) is 6.67. The van der Waals surface area contributed by atoms with E-state index in [0.717, 1.165) is 5.69 Å². The second kappa shape index (κ2) is 5.41. The lowest BCUT2D eigenvalue weighted by Gasteiger charge is -2.14. The van der Waals surface area contributed by atoms with Gasteiger partial charge in [0, 0.05) is 18.3 Å². The third-order valence-electron chi connectivity index (χ3n) is 3.42. The Balaban J connectivity index is 1.96. The molecule has 0 unspecified atom stereocenters. The fraction of sp³-hybridized carbons (Fsp3) is 0.200. The zero-order chi connectivity index (χ0) is 14.8. The van der Waals surface area contributed by atoms with Gasteiger partial charge in [0.25, 0.3) is 5.56 Å². The maximum absolute atomic E-state index is 11.9. The fourth-order valence-corrected chi connectivity index (χ4v) is 2.37. The van der Waals surface area contributed by atoms with E-state index in [0.29, 0.717) is 6.42 Å². The van der Waals surface area contributed by atoms with Gasteiger partial charge in [-0.1, -0.05) is 30.4 Å². The molecule has 6 heteroatoms. The monoisotopic (exact) mass is 285 g/mol. The molecule has 3 rings (SSSR count). The van der Waals surface area contributed by atoms with Gasteiger partial charge in [-0.2, -0.15) is 0 Å². The first kappa shape index (κ1) is 13.4. The van der Waals surface area contributed by atoms with Crippen LogP contribution in [0.25, 0.3) is 0 Å². The zero-order valence-corrected chi connectivity index (χ0v) is 11.2. The lowest BCUT2D eigenvalue weighted by molar-refractivity contribution is 0.209. The Hall–Kier alpha value is -2.60. The van der Waals surface area contributed by atoms with Crippen molar-refractivity contribution in [2.75, 3.05) is 5.32 Å². The van der Waals surface area contributed by atoms with Crippen LogP contribution in [-0.2, 0) is 0 Å². The smallest absolute Gasteiger partial charge is 0.328 e. The summed E-state index contributed by atoms with van der Waals surface area (Å²) in [5, 5.41) is 12.5. The number of anilines is 2. The number of aromatic nitrogens is 2. The minimum Gasteiger partial charge on any atom is -0.389 e. The van der Waals surface area contributed by atoms with E-state index in [9.17, 15) is 14.7 Å². The van der Waals surface area contributed by atoms with Crippen molar-refractivity contribution in [1.82, 2.24) is 9.55 Å². The van der Waals surface area contributed by atoms with Gasteiger partial charge in [-0.05, 0) is 12.1 Å². The van der Waals surface area contributed by atoms with Crippen LogP contribution in [0, 0.1) is 0 Å². The van der Waals surface area contributed by atoms with Gasteiger partial charge >= 0.3 is 5.69 Å². The molecule has 6 nitrogen and oxygen atoms in total. The summed E-state index contributed by atoms with van der Waals surface area (Å²) in [5.74, 6) is 0. The van der Waals surface area contributed by atoms with E-state index < -0.39 is 17.4 Å². The summed E-state index contributed by atoms with van der Waals surface area (Å²) in [5.41, 5.74) is 0.0933. The number of nitrogens with zero attached hydrogens (tertiary/aromatic N) is 1. The highest BCUT2D eigenvalue weighted by atomic mass is 16.3. The first-order valence-electron chi connectivity index (χ1n) is 6.67. The second-order valence-corrected chi connectivity index (χ2v) is 4.96. The van der Waals surface area contributed by atoms with E-state index in [-0.39, 0.29) is 11.7 Å². The van der Waals surface area contributed by atoms with Crippen LogP contribution in [0.4, 0.5) is 11.4 Å². The minimum atomic E-state index is -0.556. The molecule has 1 heterocycles. The molecule has 0 saturated heterocycles. The largest absolute Gasteiger partial charge is 0.389 e. The van der Waals surface area contributed by atoms with Crippen LogP contribution in [0.5, 0.6) is 0 Å². The highest BCUT2D eigenvalue weighted by molar-refractivity contribution is 5.57. The summed E-state index contributed by atoms with van der Waals surface area (Å²) >= 11 is 0. The van der Waals surface area contributed by atoms with E-state index in [1.807, 2.05) is 30.3 Å². The number of para-hydroxylation sites is 1. The molecule has 0 fully saturated rings. The fourth-order valence-electron chi connectivity index (χ4n) is 2.37. The Labute approximate surface area is 120 Å². The van der Waals surface area contributed by atoms with Gasteiger partial charge in [-0.25, -0.2) is 4.79 Å². The van der Waals surface area contributed by atoms with Gasteiger partial charge in [-0.15, -0.1) is 0 Å². The van der Waals surface area contributed by atoms with Crippen LogP contribution in [0.3, 0.4) is 0 Å². The molecule has 1 aliphatic rings. The first-order chi connectivity index (χ1) is 10.1. The van der Waals surface area contributed by atoms with Gasteiger partial charge in [0.1, 0.15) is 5.69 Å². The van der Waals surface area contributed by atoms with E-state index in [1.165, 1.54) is 10.8 Å². The highest BCUT2D eigenvalue weighted by Gasteiger charge is 2.20. The molecule has 0 spiro atoms. The third-order valence-corrected chi connectivity index (χ3v) is 3.42. The van der Waals surface area contributed by atoms with Gasteiger partial charge < -0.3 is 10.4 Å². The molecular formula is C15H15N3O3. The summed E-state index contributed by atoms with van der Waals surface area (Å²) in [4.78, 5) is 26.1. The van der Waals surface area contributed by atoms with E-state index in [1.54, 1.807) is 12.2 Å². The third kappa shape index (κ3) is 2.80. The van der Waals surface area contributed by atoms with Crippen molar-refractivity contribution in [1.29, 1.82) is 0 Å². The molecule has 21 heavy (non-hydrogen) atoms. The maximum atomic E-state index is 11.9. The summed E-state index contributed by atoms with van der Waals surface area (Å²) in [6.45, 7) is 0. The van der Waals surface area contributed by atoms with Crippen molar-refractivity contribution < 1.29 is 5.11 Å². The predicted molar refractivity (Wildman–Crippen MR) is 79.8 cm³/mol. The SMILES string of the molecule is O=c1[nH]c(=O)n([C@H]2C=C[C@@H](O)C2)cc1Nc1ccccc1. The molecule has 1 aliphatic carbocycles. The Morgan fingerprint density at radius 2 is 1.95 bits per heavy atom. The number of allylic oxidation sites excluding steroid dienone is 1. The Morgan fingerprint density at radius 3 is 2.62 bits per heavy atom. The van der Waals surface area contributed by atoms with Gasteiger partial charge in [0.05, 0.1) is 12.1 Å². The molecule has 2 aromatic rings. The molecule has 2 atom stereocenters. The maximum Gasteiger partial charge on any atom is 0.328 e. The molecule has 1 aromatic carbocycles. The summed E-state index contributed by atoms with van der Waals surface area (Å²) < 4.78 is 1.42. The number of H-pyrrole nitrogens is 1. The Morgan fingerprint density at radius 1 is 1.19 bits per heavy atom. The Bertz CT molecular complexity index is 777. The average Bonchev–Trinajstić information content (AvgIpc) is 2.89. The zero-order valence-electron chi connectivity index (χ0n) is 11.2. The van der Waals surface area contributed by atoms with Crippen LogP contribution in [0.1, 0.15) is 12.5 Å². The lowest BCUT2D eigenvalue weighted by Crippen LogP contribution is -2.32. The van der Waals surface area contributed by atoms with E-state index >= 15 is 0 Å². The molecular weight excluding hydrogens is 270 g/mol. The topological polar surface area (TPSA) is 87.1 Å². The molecule has 3 N–H and O–H groups in total. The molecule has 0 bridgehead atoms. The number of hydrogen-bond donors (Lipinski definition) is 3. The molecule has 108 valence electrons. The predicted octanol–water partition coefficient (Wildman–Crippen LogP) is 1.14. The minimum absolute atomic E-state index is 0.249. The summed E-state index contributed by atoms with van der Waals surface area (Å²) in [6.07, 6.45) is 4.76. The molecule has 1 aromatic heterocycles. The van der Waals surface area contributed by atoms with Crippen molar-refractivity contribution in [3.05, 3.63) is 69.5 Å². The van der Waals surface area contributed by atoms with Crippen molar-refractivity contribution >= 4 is 11.4 Å². The van der Waals surface area contributed by atoms with Crippen molar-refractivity contribution in [2.24, 2.45) is 0 Å². The molecule has 0 amide bonds. The van der Waals surface area contributed by atoms with E-state index in [2.05, 4.69) is 10.3 Å². The summed E-state index contributed by atoms with van der Waals surface area (Å²) in [6, 6.07) is 8.98. The molecule has 0 radical (unpaired) electrons.